The van der Waals surface area contributed by atoms with Crippen LogP contribution in [0.4, 0.5) is 0 Å². The highest BCUT2D eigenvalue weighted by Gasteiger charge is 2.20. The van der Waals surface area contributed by atoms with Crippen molar-refractivity contribution in [1.29, 1.82) is 0 Å². The first-order valence-corrected chi connectivity index (χ1v) is 7.10. The summed E-state index contributed by atoms with van der Waals surface area (Å²) in [5.74, 6) is 0.282. The molecule has 6 nitrogen and oxygen atoms in total. The number of hydrogen-bond acceptors (Lipinski definition) is 5. The van der Waals surface area contributed by atoms with Crippen molar-refractivity contribution in [2.75, 3.05) is 33.5 Å². The van der Waals surface area contributed by atoms with E-state index in [-0.39, 0.29) is 5.91 Å². The Morgan fingerprint density at radius 2 is 2.00 bits per heavy atom. The maximum absolute atomic E-state index is 12.3. The van der Waals surface area contributed by atoms with Gasteiger partial charge in [0.2, 0.25) is 0 Å². The lowest BCUT2D eigenvalue weighted by Gasteiger charge is -2.06. The minimum Gasteiger partial charge on any atom is -0.382 e. The van der Waals surface area contributed by atoms with Crippen LogP contribution < -0.4 is 5.32 Å². The molecule has 0 aliphatic carbocycles. The van der Waals surface area contributed by atoms with Crippen LogP contribution in [0.3, 0.4) is 0 Å². The van der Waals surface area contributed by atoms with Gasteiger partial charge in [0.05, 0.1) is 19.8 Å². The highest BCUT2D eigenvalue weighted by molar-refractivity contribution is 6.00. The summed E-state index contributed by atoms with van der Waals surface area (Å²) in [6.07, 6.45) is 0. The van der Waals surface area contributed by atoms with Crippen LogP contribution in [-0.2, 0) is 9.47 Å². The van der Waals surface area contributed by atoms with E-state index in [1.54, 1.807) is 14.0 Å². The minimum absolute atomic E-state index is 0.215. The van der Waals surface area contributed by atoms with Crippen molar-refractivity contribution in [3.8, 4) is 11.3 Å². The molecule has 2 rings (SSSR count). The van der Waals surface area contributed by atoms with E-state index < -0.39 is 0 Å². The van der Waals surface area contributed by atoms with Gasteiger partial charge in [-0.25, -0.2) is 0 Å². The van der Waals surface area contributed by atoms with Gasteiger partial charge in [0.25, 0.3) is 5.91 Å². The first kappa shape index (κ1) is 16.2. The normalized spacial score (nSPS) is 10.6. The summed E-state index contributed by atoms with van der Waals surface area (Å²) in [6, 6.07) is 9.48. The van der Waals surface area contributed by atoms with Crippen LogP contribution in [0, 0.1) is 6.92 Å². The monoisotopic (exact) mass is 304 g/mol. The molecule has 0 saturated heterocycles. The van der Waals surface area contributed by atoms with Gasteiger partial charge in [0.15, 0.2) is 0 Å². The fourth-order valence-electron chi connectivity index (χ4n) is 2.00. The zero-order chi connectivity index (χ0) is 15.8. The quantitative estimate of drug-likeness (QED) is 0.756. The molecular formula is C16H20N2O4. The fraction of sp³-hybridized carbons (Fsp3) is 0.375. The molecule has 0 saturated carbocycles. The standard InChI is InChI=1S/C16H20N2O4/c1-12-14(16(19)17-8-9-21-11-10-20-2)15(18-22-12)13-6-4-3-5-7-13/h3-7H,8-11H2,1-2H3,(H,17,19). The molecule has 0 radical (unpaired) electrons. The Kier molecular flexibility index (Phi) is 6.12. The lowest BCUT2D eigenvalue weighted by Crippen LogP contribution is -2.28. The summed E-state index contributed by atoms with van der Waals surface area (Å²) in [5, 5.41) is 6.80. The highest BCUT2D eigenvalue weighted by Crippen LogP contribution is 2.24. The summed E-state index contributed by atoms with van der Waals surface area (Å²) in [6.45, 7) is 3.62. The molecule has 0 aliphatic heterocycles. The lowest BCUT2D eigenvalue weighted by molar-refractivity contribution is 0.0692. The average Bonchev–Trinajstić information content (AvgIpc) is 2.93. The number of carbonyl (C=O) groups excluding carboxylic acids is 1. The number of nitrogens with zero attached hydrogens (tertiary/aromatic N) is 1. The number of nitrogens with one attached hydrogen (secondary N) is 1. The second kappa shape index (κ2) is 8.31. The predicted molar refractivity (Wildman–Crippen MR) is 81.7 cm³/mol. The van der Waals surface area contributed by atoms with Gasteiger partial charge in [0.1, 0.15) is 17.0 Å². The van der Waals surface area contributed by atoms with Crippen molar-refractivity contribution in [3.63, 3.8) is 0 Å². The molecule has 6 heteroatoms. The number of hydrogen-bond donors (Lipinski definition) is 1. The first-order chi connectivity index (χ1) is 10.7. The van der Waals surface area contributed by atoms with Gasteiger partial charge in [-0.1, -0.05) is 35.5 Å². The Morgan fingerprint density at radius 1 is 1.23 bits per heavy atom. The third-order valence-electron chi connectivity index (χ3n) is 3.10. The lowest BCUT2D eigenvalue weighted by atomic mass is 10.1. The number of carbonyl (C=O) groups is 1. The molecule has 0 spiro atoms. The molecule has 0 aliphatic rings. The number of aromatic nitrogens is 1. The van der Waals surface area contributed by atoms with E-state index in [0.717, 1.165) is 5.56 Å². The molecule has 118 valence electrons. The van der Waals surface area contributed by atoms with Gasteiger partial charge in [-0.2, -0.15) is 0 Å². The third kappa shape index (κ3) is 4.16. The molecule has 0 bridgehead atoms. The van der Waals surface area contributed by atoms with Gasteiger partial charge in [-0.05, 0) is 6.92 Å². The van der Waals surface area contributed by atoms with Crippen LogP contribution in [-0.4, -0.2) is 44.5 Å². The van der Waals surface area contributed by atoms with Crippen molar-refractivity contribution in [2.24, 2.45) is 0 Å². The number of amides is 1. The van der Waals surface area contributed by atoms with Crippen LogP contribution in [0.25, 0.3) is 11.3 Å². The van der Waals surface area contributed by atoms with Gasteiger partial charge in [-0.15, -0.1) is 0 Å². The van der Waals surface area contributed by atoms with E-state index in [1.165, 1.54) is 0 Å². The average molecular weight is 304 g/mol. The van der Waals surface area contributed by atoms with Crippen LogP contribution >= 0.6 is 0 Å². The van der Waals surface area contributed by atoms with Crippen LogP contribution in [0.15, 0.2) is 34.9 Å². The molecule has 0 atom stereocenters. The summed E-state index contributed by atoms with van der Waals surface area (Å²) in [5.41, 5.74) is 1.86. The zero-order valence-corrected chi connectivity index (χ0v) is 12.8. The van der Waals surface area contributed by atoms with Crippen molar-refractivity contribution < 1.29 is 18.8 Å². The first-order valence-electron chi connectivity index (χ1n) is 7.10. The van der Waals surface area contributed by atoms with E-state index in [2.05, 4.69) is 10.5 Å². The predicted octanol–water partition coefficient (Wildman–Crippen LogP) is 2.04. The molecule has 1 N–H and O–H groups in total. The SMILES string of the molecule is COCCOCCNC(=O)c1c(-c2ccccc2)noc1C. The maximum Gasteiger partial charge on any atom is 0.257 e. The van der Waals surface area contributed by atoms with Crippen molar-refractivity contribution >= 4 is 5.91 Å². The molecule has 22 heavy (non-hydrogen) atoms. The summed E-state index contributed by atoms with van der Waals surface area (Å²) in [7, 11) is 1.62. The van der Waals surface area contributed by atoms with E-state index >= 15 is 0 Å². The number of rotatable bonds is 8. The van der Waals surface area contributed by atoms with Crippen molar-refractivity contribution in [1.82, 2.24) is 10.5 Å². The smallest absolute Gasteiger partial charge is 0.257 e. The van der Waals surface area contributed by atoms with Gasteiger partial charge in [0, 0.05) is 19.2 Å². The largest absolute Gasteiger partial charge is 0.382 e. The molecule has 1 heterocycles. The summed E-state index contributed by atoms with van der Waals surface area (Å²) < 4.78 is 15.4. The van der Waals surface area contributed by atoms with Crippen LogP contribution in [0.5, 0.6) is 0 Å². The van der Waals surface area contributed by atoms with Gasteiger partial charge < -0.3 is 19.3 Å². The topological polar surface area (TPSA) is 73.6 Å². The van der Waals surface area contributed by atoms with Crippen LogP contribution in [0.2, 0.25) is 0 Å². The molecule has 0 unspecified atom stereocenters. The van der Waals surface area contributed by atoms with Crippen LogP contribution in [0.1, 0.15) is 16.1 Å². The number of aryl methyl sites for hydroxylation is 1. The Bertz CT molecular complexity index is 595. The molecular weight excluding hydrogens is 284 g/mol. The Morgan fingerprint density at radius 3 is 2.73 bits per heavy atom. The summed E-state index contributed by atoms with van der Waals surface area (Å²) >= 11 is 0. The summed E-state index contributed by atoms with van der Waals surface area (Å²) in [4.78, 5) is 12.3. The van der Waals surface area contributed by atoms with Gasteiger partial charge >= 0.3 is 0 Å². The van der Waals surface area contributed by atoms with E-state index in [4.69, 9.17) is 14.0 Å². The second-order valence-electron chi connectivity index (χ2n) is 4.69. The number of benzene rings is 1. The van der Waals surface area contributed by atoms with Crippen molar-refractivity contribution in [3.05, 3.63) is 41.7 Å². The van der Waals surface area contributed by atoms with E-state index in [1.807, 2.05) is 30.3 Å². The van der Waals surface area contributed by atoms with Gasteiger partial charge in [-0.3, -0.25) is 4.79 Å². The molecule has 1 aromatic heterocycles. The molecule has 2 aromatic rings. The number of methoxy groups -OCH3 is 1. The highest BCUT2D eigenvalue weighted by atomic mass is 16.5. The Balaban J connectivity index is 1.97. The fourth-order valence-corrected chi connectivity index (χ4v) is 2.00. The zero-order valence-electron chi connectivity index (χ0n) is 12.8. The molecule has 0 fully saturated rings. The molecule has 1 amide bonds. The Labute approximate surface area is 129 Å². The minimum atomic E-state index is -0.215. The maximum atomic E-state index is 12.3. The second-order valence-corrected chi connectivity index (χ2v) is 4.69. The third-order valence-corrected chi connectivity index (χ3v) is 3.10. The Hall–Kier alpha value is -2.18. The number of ether oxygens (including phenoxy) is 2. The molecule has 1 aromatic carbocycles. The van der Waals surface area contributed by atoms with E-state index in [9.17, 15) is 4.79 Å². The van der Waals surface area contributed by atoms with Crippen molar-refractivity contribution in [2.45, 2.75) is 6.92 Å². The van der Waals surface area contributed by atoms with E-state index in [0.29, 0.717) is 43.4 Å².